The van der Waals surface area contributed by atoms with E-state index in [1.165, 1.54) is 40.1 Å². The van der Waals surface area contributed by atoms with Crippen LogP contribution in [0.25, 0.3) is 6.08 Å². The highest BCUT2D eigenvalue weighted by Crippen LogP contribution is 2.39. The lowest BCUT2D eigenvalue weighted by Crippen LogP contribution is -2.05. The van der Waals surface area contributed by atoms with Crippen LogP contribution in [0.1, 0.15) is 51.5 Å². The minimum absolute atomic E-state index is 0.203. The Balaban J connectivity index is 2.69. The van der Waals surface area contributed by atoms with Crippen molar-refractivity contribution in [2.24, 2.45) is 0 Å². The monoisotopic (exact) mass is 364 g/mol. The van der Waals surface area contributed by atoms with E-state index in [2.05, 4.69) is 6.92 Å². The van der Waals surface area contributed by atoms with Crippen LogP contribution in [0.15, 0.2) is 18.2 Å². The summed E-state index contributed by atoms with van der Waals surface area (Å²) in [6.45, 7) is 3.88. The van der Waals surface area contributed by atoms with Gasteiger partial charge in [-0.3, -0.25) is 4.79 Å². The van der Waals surface area contributed by atoms with Crippen molar-refractivity contribution in [3.8, 4) is 17.2 Å². The molecule has 6 heteroatoms. The molecular weight excluding hydrogens is 336 g/mol. The van der Waals surface area contributed by atoms with E-state index in [1.807, 2.05) is 0 Å². The Morgan fingerprint density at radius 2 is 1.62 bits per heavy atom. The number of hydrogen-bond donors (Lipinski definition) is 0. The van der Waals surface area contributed by atoms with Crippen molar-refractivity contribution in [1.29, 1.82) is 0 Å². The molecule has 0 aromatic heterocycles. The standard InChI is InChI=1S/C20H28O6/c1-5-6-7-8-9-12-25-19(22)11-10-16-13-17(23-3)20(26-15(2)21)18(14-16)24-4/h10-11,13-14H,5-9,12H2,1-4H3/b11-10+. The molecule has 0 aliphatic rings. The zero-order valence-electron chi connectivity index (χ0n) is 16.0. The second-order valence-corrected chi connectivity index (χ2v) is 5.76. The maximum absolute atomic E-state index is 11.8. The second-order valence-electron chi connectivity index (χ2n) is 5.76. The molecule has 0 unspecified atom stereocenters. The Morgan fingerprint density at radius 1 is 1.00 bits per heavy atom. The molecule has 1 rings (SSSR count). The first-order valence-electron chi connectivity index (χ1n) is 8.81. The van der Waals surface area contributed by atoms with E-state index in [0.717, 1.165) is 19.3 Å². The van der Waals surface area contributed by atoms with E-state index in [1.54, 1.807) is 18.2 Å². The fourth-order valence-electron chi connectivity index (χ4n) is 2.33. The summed E-state index contributed by atoms with van der Waals surface area (Å²) >= 11 is 0. The molecule has 1 aromatic carbocycles. The van der Waals surface area contributed by atoms with Gasteiger partial charge in [0.05, 0.1) is 20.8 Å². The highest BCUT2D eigenvalue weighted by atomic mass is 16.6. The minimum Gasteiger partial charge on any atom is -0.493 e. The van der Waals surface area contributed by atoms with Crippen molar-refractivity contribution in [2.45, 2.75) is 46.0 Å². The normalized spacial score (nSPS) is 10.6. The number of hydrogen-bond acceptors (Lipinski definition) is 6. The van der Waals surface area contributed by atoms with Crippen LogP contribution in [-0.4, -0.2) is 32.8 Å². The maximum atomic E-state index is 11.8. The van der Waals surface area contributed by atoms with Gasteiger partial charge in [0, 0.05) is 13.0 Å². The first-order valence-corrected chi connectivity index (χ1v) is 8.81. The molecule has 0 fully saturated rings. The van der Waals surface area contributed by atoms with Crippen LogP contribution in [0.3, 0.4) is 0 Å². The third-order valence-corrected chi connectivity index (χ3v) is 3.63. The second kappa shape index (κ2) is 12.0. The van der Waals surface area contributed by atoms with Gasteiger partial charge in [-0.2, -0.15) is 0 Å². The zero-order chi connectivity index (χ0) is 19.4. The number of unbranched alkanes of at least 4 members (excludes halogenated alkanes) is 4. The molecule has 0 saturated heterocycles. The summed E-state index contributed by atoms with van der Waals surface area (Å²) in [6.07, 6.45) is 8.45. The molecule has 0 aliphatic carbocycles. The lowest BCUT2D eigenvalue weighted by Gasteiger charge is -2.13. The third kappa shape index (κ3) is 7.59. The van der Waals surface area contributed by atoms with Crippen LogP contribution in [0.4, 0.5) is 0 Å². The molecule has 0 atom stereocenters. The highest BCUT2D eigenvalue weighted by molar-refractivity contribution is 5.87. The van der Waals surface area contributed by atoms with Gasteiger partial charge in [0.2, 0.25) is 5.75 Å². The number of ether oxygens (including phenoxy) is 4. The summed E-state index contributed by atoms with van der Waals surface area (Å²) < 4.78 is 20.8. The number of carbonyl (C=O) groups excluding carboxylic acids is 2. The fraction of sp³-hybridized carbons (Fsp3) is 0.500. The molecule has 0 heterocycles. The van der Waals surface area contributed by atoms with Gasteiger partial charge in [-0.15, -0.1) is 0 Å². The highest BCUT2D eigenvalue weighted by Gasteiger charge is 2.15. The lowest BCUT2D eigenvalue weighted by molar-refractivity contribution is -0.137. The lowest BCUT2D eigenvalue weighted by atomic mass is 10.1. The molecule has 6 nitrogen and oxygen atoms in total. The molecule has 144 valence electrons. The Bertz CT molecular complexity index is 596. The molecule has 0 bridgehead atoms. The molecule has 0 radical (unpaired) electrons. The number of rotatable bonds is 11. The Kier molecular flexibility index (Phi) is 9.90. The van der Waals surface area contributed by atoms with Crippen LogP contribution in [0.5, 0.6) is 17.2 Å². The Morgan fingerprint density at radius 3 is 2.15 bits per heavy atom. The number of esters is 2. The molecule has 0 spiro atoms. The van der Waals surface area contributed by atoms with Crippen molar-refractivity contribution >= 4 is 18.0 Å². The smallest absolute Gasteiger partial charge is 0.330 e. The summed E-state index contributed by atoms with van der Waals surface area (Å²) in [4.78, 5) is 23.0. The van der Waals surface area contributed by atoms with Crippen molar-refractivity contribution in [3.05, 3.63) is 23.8 Å². The maximum Gasteiger partial charge on any atom is 0.330 e. The van der Waals surface area contributed by atoms with Crippen LogP contribution in [0, 0.1) is 0 Å². The van der Waals surface area contributed by atoms with Crippen molar-refractivity contribution in [1.82, 2.24) is 0 Å². The quantitative estimate of drug-likeness (QED) is 0.254. The topological polar surface area (TPSA) is 71.1 Å². The van der Waals surface area contributed by atoms with Crippen molar-refractivity contribution in [3.63, 3.8) is 0 Å². The Labute approximate surface area is 155 Å². The van der Waals surface area contributed by atoms with Crippen molar-refractivity contribution < 1.29 is 28.5 Å². The van der Waals surface area contributed by atoms with E-state index in [9.17, 15) is 9.59 Å². The molecule has 0 saturated carbocycles. The molecule has 0 amide bonds. The SMILES string of the molecule is CCCCCCCOC(=O)/C=C/c1cc(OC)c(OC(C)=O)c(OC)c1. The fourth-order valence-corrected chi connectivity index (χ4v) is 2.33. The third-order valence-electron chi connectivity index (χ3n) is 3.63. The molecular formula is C20H28O6. The van der Waals surface area contributed by atoms with E-state index in [-0.39, 0.29) is 5.75 Å². The average Bonchev–Trinajstić information content (AvgIpc) is 2.62. The van der Waals surface area contributed by atoms with Crippen LogP contribution >= 0.6 is 0 Å². The predicted octanol–water partition coefficient (Wildman–Crippen LogP) is 4.16. The summed E-state index contributed by atoms with van der Waals surface area (Å²) in [5, 5.41) is 0. The molecule has 0 N–H and O–H groups in total. The number of methoxy groups -OCH3 is 2. The van der Waals surface area contributed by atoms with Gasteiger partial charge in [-0.1, -0.05) is 32.6 Å². The van der Waals surface area contributed by atoms with Crippen LogP contribution < -0.4 is 14.2 Å². The van der Waals surface area contributed by atoms with Gasteiger partial charge in [0.1, 0.15) is 0 Å². The van der Waals surface area contributed by atoms with Gasteiger partial charge in [0.15, 0.2) is 11.5 Å². The average molecular weight is 364 g/mol. The van der Waals surface area contributed by atoms with Gasteiger partial charge < -0.3 is 18.9 Å². The number of benzene rings is 1. The van der Waals surface area contributed by atoms with Crippen LogP contribution in [0.2, 0.25) is 0 Å². The van der Waals surface area contributed by atoms with Gasteiger partial charge in [0.25, 0.3) is 0 Å². The summed E-state index contributed by atoms with van der Waals surface area (Å²) in [6, 6.07) is 3.30. The van der Waals surface area contributed by atoms with E-state index >= 15 is 0 Å². The van der Waals surface area contributed by atoms with Gasteiger partial charge in [-0.05, 0) is 30.2 Å². The Hall–Kier alpha value is -2.50. The summed E-state index contributed by atoms with van der Waals surface area (Å²) in [5.41, 5.74) is 0.662. The summed E-state index contributed by atoms with van der Waals surface area (Å²) in [5.74, 6) is -0.00353. The predicted molar refractivity (Wildman–Crippen MR) is 99.6 cm³/mol. The van der Waals surface area contributed by atoms with E-state index in [4.69, 9.17) is 18.9 Å². The van der Waals surface area contributed by atoms with E-state index in [0.29, 0.717) is 23.7 Å². The van der Waals surface area contributed by atoms with Gasteiger partial charge >= 0.3 is 11.9 Å². The van der Waals surface area contributed by atoms with Crippen molar-refractivity contribution in [2.75, 3.05) is 20.8 Å². The minimum atomic E-state index is -0.479. The molecule has 0 aliphatic heterocycles. The molecule has 26 heavy (non-hydrogen) atoms. The van der Waals surface area contributed by atoms with Crippen LogP contribution in [-0.2, 0) is 14.3 Å². The first-order chi connectivity index (χ1) is 12.5. The zero-order valence-corrected chi connectivity index (χ0v) is 16.0. The summed E-state index contributed by atoms with van der Waals surface area (Å²) in [7, 11) is 2.92. The van der Waals surface area contributed by atoms with Gasteiger partial charge in [-0.25, -0.2) is 4.79 Å². The molecule has 1 aromatic rings. The number of carbonyl (C=O) groups is 2. The van der Waals surface area contributed by atoms with E-state index < -0.39 is 11.9 Å². The largest absolute Gasteiger partial charge is 0.493 e. The first kappa shape index (κ1) is 21.5.